The van der Waals surface area contributed by atoms with Gasteiger partial charge in [-0.15, -0.1) is 0 Å². The average Bonchev–Trinajstić information content (AvgIpc) is 2.07. The summed E-state index contributed by atoms with van der Waals surface area (Å²) in [5, 5.41) is 0. The minimum Gasteiger partial charge on any atom is -0.359 e. The third-order valence-electron chi connectivity index (χ3n) is 2.40. The standard InChI is InChI=1S/C10H14N2/c1-8-5-6-9-4-3-7-12(2)10(9)11-8/h5-6H,3-4,7H2,1-2H3. The van der Waals surface area contributed by atoms with E-state index in [-0.39, 0.29) is 0 Å². The predicted octanol–water partition coefficient (Wildman–Crippen LogP) is 1.77. The molecule has 0 fully saturated rings. The van der Waals surface area contributed by atoms with Gasteiger partial charge in [0.15, 0.2) is 0 Å². The first-order valence-electron chi connectivity index (χ1n) is 4.45. The number of hydrogen-bond acceptors (Lipinski definition) is 2. The first-order chi connectivity index (χ1) is 5.77. The smallest absolute Gasteiger partial charge is 0.131 e. The Bertz CT molecular complexity index is 294. The van der Waals surface area contributed by atoms with Crippen LogP contribution in [-0.2, 0) is 6.42 Å². The second-order valence-corrected chi connectivity index (χ2v) is 3.46. The Labute approximate surface area is 73.2 Å². The van der Waals surface area contributed by atoms with Crippen molar-refractivity contribution < 1.29 is 0 Å². The van der Waals surface area contributed by atoms with E-state index >= 15 is 0 Å². The Morgan fingerprint density at radius 3 is 3.08 bits per heavy atom. The topological polar surface area (TPSA) is 16.1 Å². The van der Waals surface area contributed by atoms with Gasteiger partial charge in [-0.3, -0.25) is 0 Å². The van der Waals surface area contributed by atoms with Crippen LogP contribution in [0.2, 0.25) is 0 Å². The lowest BCUT2D eigenvalue weighted by Crippen LogP contribution is -2.25. The number of rotatable bonds is 0. The third-order valence-corrected chi connectivity index (χ3v) is 2.40. The molecule has 0 spiro atoms. The zero-order valence-corrected chi connectivity index (χ0v) is 7.67. The van der Waals surface area contributed by atoms with Gasteiger partial charge in [0, 0.05) is 19.3 Å². The molecule has 0 aliphatic carbocycles. The monoisotopic (exact) mass is 162 g/mol. The summed E-state index contributed by atoms with van der Waals surface area (Å²) in [6.45, 7) is 3.19. The Morgan fingerprint density at radius 1 is 1.42 bits per heavy atom. The number of nitrogens with zero attached hydrogens (tertiary/aromatic N) is 2. The summed E-state index contributed by atoms with van der Waals surface area (Å²) < 4.78 is 0. The fourth-order valence-corrected chi connectivity index (χ4v) is 1.71. The van der Waals surface area contributed by atoms with Crippen LogP contribution >= 0.6 is 0 Å². The van der Waals surface area contributed by atoms with Gasteiger partial charge in [0.2, 0.25) is 0 Å². The molecule has 1 aliphatic heterocycles. The quantitative estimate of drug-likeness (QED) is 0.578. The summed E-state index contributed by atoms with van der Waals surface area (Å²) >= 11 is 0. The summed E-state index contributed by atoms with van der Waals surface area (Å²) in [4.78, 5) is 6.76. The minimum atomic E-state index is 1.11. The van der Waals surface area contributed by atoms with Gasteiger partial charge in [0.1, 0.15) is 5.82 Å². The predicted molar refractivity (Wildman–Crippen MR) is 50.6 cm³/mol. The molecule has 12 heavy (non-hydrogen) atoms. The van der Waals surface area contributed by atoms with Crippen LogP contribution in [0.25, 0.3) is 0 Å². The highest BCUT2D eigenvalue weighted by Gasteiger charge is 2.13. The molecule has 2 heterocycles. The molecule has 0 amide bonds. The fourth-order valence-electron chi connectivity index (χ4n) is 1.71. The summed E-state index contributed by atoms with van der Waals surface area (Å²) in [6, 6.07) is 4.30. The van der Waals surface area contributed by atoms with Crippen LogP contribution in [0.4, 0.5) is 5.82 Å². The van der Waals surface area contributed by atoms with Crippen molar-refractivity contribution in [3.8, 4) is 0 Å². The van der Waals surface area contributed by atoms with Gasteiger partial charge in [-0.25, -0.2) is 4.98 Å². The number of anilines is 1. The first kappa shape index (κ1) is 7.59. The molecule has 1 aromatic rings. The van der Waals surface area contributed by atoms with Crippen molar-refractivity contribution in [2.75, 3.05) is 18.5 Å². The molecule has 0 bridgehead atoms. The van der Waals surface area contributed by atoms with Gasteiger partial charge in [-0.05, 0) is 31.4 Å². The molecule has 0 unspecified atom stereocenters. The molecule has 2 nitrogen and oxygen atoms in total. The van der Waals surface area contributed by atoms with Crippen molar-refractivity contribution >= 4 is 5.82 Å². The summed E-state index contributed by atoms with van der Waals surface area (Å²) in [5.41, 5.74) is 2.51. The van der Waals surface area contributed by atoms with E-state index in [4.69, 9.17) is 0 Å². The zero-order chi connectivity index (χ0) is 8.55. The third kappa shape index (κ3) is 1.17. The fraction of sp³-hybridized carbons (Fsp3) is 0.500. The maximum Gasteiger partial charge on any atom is 0.131 e. The molecule has 0 radical (unpaired) electrons. The van der Waals surface area contributed by atoms with Gasteiger partial charge >= 0.3 is 0 Å². The van der Waals surface area contributed by atoms with E-state index in [2.05, 4.69) is 29.1 Å². The van der Waals surface area contributed by atoms with Gasteiger partial charge in [-0.2, -0.15) is 0 Å². The molecule has 0 atom stereocenters. The number of pyridine rings is 1. The Kier molecular flexibility index (Phi) is 1.75. The lowest BCUT2D eigenvalue weighted by Gasteiger charge is -2.26. The van der Waals surface area contributed by atoms with Gasteiger partial charge in [0.05, 0.1) is 0 Å². The molecule has 0 N–H and O–H groups in total. The van der Waals surface area contributed by atoms with E-state index in [1.807, 2.05) is 6.92 Å². The van der Waals surface area contributed by atoms with Gasteiger partial charge in [-0.1, -0.05) is 6.07 Å². The van der Waals surface area contributed by atoms with Crippen LogP contribution in [-0.4, -0.2) is 18.6 Å². The molecule has 64 valence electrons. The number of hydrogen-bond donors (Lipinski definition) is 0. The zero-order valence-electron chi connectivity index (χ0n) is 7.67. The molecular weight excluding hydrogens is 148 g/mol. The van der Waals surface area contributed by atoms with Crippen LogP contribution in [0.3, 0.4) is 0 Å². The van der Waals surface area contributed by atoms with Crippen LogP contribution in [0, 0.1) is 6.92 Å². The maximum atomic E-state index is 4.52. The Morgan fingerprint density at radius 2 is 2.25 bits per heavy atom. The highest BCUT2D eigenvalue weighted by molar-refractivity contribution is 5.48. The molecule has 2 heteroatoms. The molecule has 0 saturated heterocycles. The van der Waals surface area contributed by atoms with Crippen molar-refractivity contribution in [3.63, 3.8) is 0 Å². The lowest BCUT2D eigenvalue weighted by atomic mass is 10.1. The Hall–Kier alpha value is -1.05. The first-order valence-corrected chi connectivity index (χ1v) is 4.45. The highest BCUT2D eigenvalue weighted by Crippen LogP contribution is 2.23. The van der Waals surface area contributed by atoms with Crippen molar-refractivity contribution in [2.45, 2.75) is 19.8 Å². The van der Waals surface area contributed by atoms with E-state index in [1.54, 1.807) is 0 Å². The molecule has 2 rings (SSSR count). The van der Waals surface area contributed by atoms with Crippen LogP contribution < -0.4 is 4.90 Å². The number of fused-ring (bicyclic) bond motifs is 1. The molecule has 1 aromatic heterocycles. The van der Waals surface area contributed by atoms with E-state index in [0.717, 1.165) is 12.2 Å². The van der Waals surface area contributed by atoms with E-state index < -0.39 is 0 Å². The van der Waals surface area contributed by atoms with Crippen molar-refractivity contribution in [3.05, 3.63) is 23.4 Å². The van der Waals surface area contributed by atoms with Crippen molar-refractivity contribution in [2.24, 2.45) is 0 Å². The van der Waals surface area contributed by atoms with Crippen molar-refractivity contribution in [1.29, 1.82) is 0 Å². The second kappa shape index (κ2) is 2.77. The molecule has 0 aromatic carbocycles. The number of aromatic nitrogens is 1. The van der Waals surface area contributed by atoms with Crippen LogP contribution in [0.15, 0.2) is 12.1 Å². The normalized spacial score (nSPS) is 16.0. The highest BCUT2D eigenvalue weighted by atomic mass is 15.2. The lowest BCUT2D eigenvalue weighted by molar-refractivity contribution is 0.728. The molecular formula is C10H14N2. The Balaban J connectivity index is 2.47. The van der Waals surface area contributed by atoms with Gasteiger partial charge < -0.3 is 4.90 Å². The summed E-state index contributed by atoms with van der Waals surface area (Å²) in [6.07, 6.45) is 2.45. The SMILES string of the molecule is Cc1ccc2c(n1)N(C)CCC2. The van der Waals surface area contributed by atoms with Crippen LogP contribution in [0.5, 0.6) is 0 Å². The maximum absolute atomic E-state index is 4.52. The summed E-state index contributed by atoms with van der Waals surface area (Å²) in [7, 11) is 2.12. The average molecular weight is 162 g/mol. The molecule has 0 saturated carbocycles. The van der Waals surface area contributed by atoms with Crippen molar-refractivity contribution in [1.82, 2.24) is 4.98 Å². The van der Waals surface area contributed by atoms with E-state index in [0.29, 0.717) is 0 Å². The van der Waals surface area contributed by atoms with Gasteiger partial charge in [0.25, 0.3) is 0 Å². The van der Waals surface area contributed by atoms with E-state index in [1.165, 1.54) is 24.2 Å². The summed E-state index contributed by atoms with van der Waals surface area (Å²) in [5.74, 6) is 1.18. The second-order valence-electron chi connectivity index (χ2n) is 3.46. The number of aryl methyl sites for hydroxylation is 2. The van der Waals surface area contributed by atoms with E-state index in [9.17, 15) is 0 Å². The largest absolute Gasteiger partial charge is 0.359 e. The minimum absolute atomic E-state index is 1.11. The van der Waals surface area contributed by atoms with Crippen LogP contribution in [0.1, 0.15) is 17.7 Å². The molecule has 1 aliphatic rings.